The highest BCUT2D eigenvalue weighted by atomic mass is 35.5. The standard InChI is InChI=1S/C19H14ClN3OS/c1-11-14(9-12-8-13(20)6-7-15(12)22-11)19(24)21-10-18-23-16-4-2-3-5-17(16)25-18/h2-9H,10H2,1H3,(H,21,24). The zero-order valence-corrected chi connectivity index (χ0v) is 15.0. The van der Waals surface area contributed by atoms with Gasteiger partial charge in [0.2, 0.25) is 0 Å². The quantitative estimate of drug-likeness (QED) is 0.569. The smallest absolute Gasteiger partial charge is 0.253 e. The zero-order chi connectivity index (χ0) is 17.4. The van der Waals surface area contributed by atoms with Crippen LogP contribution in [0.4, 0.5) is 0 Å². The molecule has 0 bridgehead atoms. The van der Waals surface area contributed by atoms with Crippen molar-refractivity contribution in [2.45, 2.75) is 13.5 Å². The summed E-state index contributed by atoms with van der Waals surface area (Å²) in [6, 6.07) is 15.2. The Hall–Kier alpha value is -2.50. The molecule has 0 unspecified atom stereocenters. The van der Waals surface area contributed by atoms with Crippen LogP contribution in [0.3, 0.4) is 0 Å². The second-order valence-corrected chi connectivity index (χ2v) is 7.27. The van der Waals surface area contributed by atoms with Crippen molar-refractivity contribution in [3.63, 3.8) is 0 Å². The third-order valence-electron chi connectivity index (χ3n) is 3.95. The van der Waals surface area contributed by atoms with Crippen molar-refractivity contribution >= 4 is 50.0 Å². The molecule has 1 N–H and O–H groups in total. The second kappa shape index (κ2) is 6.43. The molecule has 4 rings (SSSR count). The summed E-state index contributed by atoms with van der Waals surface area (Å²) >= 11 is 7.62. The van der Waals surface area contributed by atoms with Gasteiger partial charge in [-0.3, -0.25) is 9.78 Å². The van der Waals surface area contributed by atoms with Crippen molar-refractivity contribution in [2.75, 3.05) is 0 Å². The summed E-state index contributed by atoms with van der Waals surface area (Å²) in [6.45, 7) is 2.23. The van der Waals surface area contributed by atoms with Crippen LogP contribution >= 0.6 is 22.9 Å². The van der Waals surface area contributed by atoms with E-state index in [9.17, 15) is 4.79 Å². The molecule has 124 valence electrons. The van der Waals surface area contributed by atoms with Gasteiger partial charge in [-0.1, -0.05) is 23.7 Å². The van der Waals surface area contributed by atoms with Gasteiger partial charge in [0.25, 0.3) is 5.91 Å². The average molecular weight is 368 g/mol. The Morgan fingerprint density at radius 3 is 2.80 bits per heavy atom. The summed E-state index contributed by atoms with van der Waals surface area (Å²) in [5, 5.41) is 5.29. The zero-order valence-electron chi connectivity index (χ0n) is 13.4. The lowest BCUT2D eigenvalue weighted by Crippen LogP contribution is -2.23. The summed E-state index contributed by atoms with van der Waals surface area (Å²) in [7, 11) is 0. The van der Waals surface area contributed by atoms with Gasteiger partial charge in [0.05, 0.1) is 33.5 Å². The molecule has 0 aliphatic carbocycles. The first-order valence-corrected chi connectivity index (χ1v) is 8.99. The number of pyridine rings is 1. The Labute approximate surface area is 153 Å². The fourth-order valence-corrected chi connectivity index (χ4v) is 3.81. The maximum atomic E-state index is 12.6. The van der Waals surface area contributed by atoms with Crippen LogP contribution in [0.5, 0.6) is 0 Å². The largest absolute Gasteiger partial charge is 0.345 e. The number of fused-ring (bicyclic) bond motifs is 2. The van der Waals surface area contributed by atoms with Crippen LogP contribution in [0, 0.1) is 6.92 Å². The summed E-state index contributed by atoms with van der Waals surface area (Å²) in [6.07, 6.45) is 0. The predicted molar refractivity (Wildman–Crippen MR) is 102 cm³/mol. The maximum absolute atomic E-state index is 12.6. The van der Waals surface area contributed by atoms with Gasteiger partial charge in [0, 0.05) is 10.4 Å². The first kappa shape index (κ1) is 16.0. The number of hydrogen-bond donors (Lipinski definition) is 1. The molecule has 4 aromatic rings. The Balaban J connectivity index is 1.57. The number of aryl methyl sites for hydroxylation is 1. The minimum atomic E-state index is -0.161. The molecule has 0 aliphatic rings. The normalized spacial score (nSPS) is 11.1. The molecule has 0 radical (unpaired) electrons. The van der Waals surface area contributed by atoms with E-state index in [4.69, 9.17) is 11.6 Å². The minimum absolute atomic E-state index is 0.161. The van der Waals surface area contributed by atoms with E-state index in [1.165, 1.54) is 0 Å². The molecule has 0 aliphatic heterocycles. The van der Waals surface area contributed by atoms with E-state index in [0.717, 1.165) is 26.1 Å². The van der Waals surface area contributed by atoms with Crippen LogP contribution in [0.1, 0.15) is 21.1 Å². The van der Waals surface area contributed by atoms with E-state index >= 15 is 0 Å². The molecule has 0 saturated carbocycles. The molecule has 0 atom stereocenters. The number of thiazole rings is 1. The molecular formula is C19H14ClN3OS. The third kappa shape index (κ3) is 3.21. The summed E-state index contributed by atoms with van der Waals surface area (Å²) < 4.78 is 1.12. The van der Waals surface area contributed by atoms with Crippen LogP contribution < -0.4 is 5.32 Å². The van der Waals surface area contributed by atoms with Gasteiger partial charge in [0.15, 0.2) is 0 Å². The minimum Gasteiger partial charge on any atom is -0.345 e. The highest BCUT2D eigenvalue weighted by Gasteiger charge is 2.13. The lowest BCUT2D eigenvalue weighted by Gasteiger charge is -2.08. The molecule has 0 saturated heterocycles. The van der Waals surface area contributed by atoms with Crippen LogP contribution in [0.15, 0.2) is 48.5 Å². The van der Waals surface area contributed by atoms with Crippen molar-refractivity contribution in [3.8, 4) is 0 Å². The van der Waals surface area contributed by atoms with E-state index in [1.54, 1.807) is 17.4 Å². The lowest BCUT2D eigenvalue weighted by atomic mass is 10.1. The molecule has 2 aromatic heterocycles. The number of aromatic nitrogens is 2. The van der Waals surface area contributed by atoms with E-state index in [-0.39, 0.29) is 5.91 Å². The van der Waals surface area contributed by atoms with Gasteiger partial charge < -0.3 is 5.32 Å². The number of nitrogens with zero attached hydrogens (tertiary/aromatic N) is 2. The van der Waals surface area contributed by atoms with Gasteiger partial charge >= 0.3 is 0 Å². The van der Waals surface area contributed by atoms with Crippen LogP contribution in [-0.4, -0.2) is 15.9 Å². The van der Waals surface area contributed by atoms with Crippen LogP contribution in [0.25, 0.3) is 21.1 Å². The first-order valence-electron chi connectivity index (χ1n) is 7.80. The van der Waals surface area contributed by atoms with Crippen LogP contribution in [0.2, 0.25) is 5.02 Å². The molecule has 2 heterocycles. The van der Waals surface area contributed by atoms with Crippen molar-refractivity contribution in [3.05, 3.63) is 69.8 Å². The van der Waals surface area contributed by atoms with Crippen molar-refractivity contribution in [2.24, 2.45) is 0 Å². The molecule has 0 fully saturated rings. The molecule has 0 spiro atoms. The number of nitrogens with one attached hydrogen (secondary N) is 1. The Bertz CT molecular complexity index is 1070. The van der Waals surface area contributed by atoms with Gasteiger partial charge in [-0.15, -0.1) is 11.3 Å². The van der Waals surface area contributed by atoms with Crippen molar-refractivity contribution in [1.82, 2.24) is 15.3 Å². The fraction of sp³-hybridized carbons (Fsp3) is 0.105. The summed E-state index contributed by atoms with van der Waals surface area (Å²) in [5.41, 5.74) is 3.02. The molecule has 4 nitrogen and oxygen atoms in total. The molecule has 1 amide bonds. The number of para-hydroxylation sites is 1. The summed E-state index contributed by atoms with van der Waals surface area (Å²) in [5.74, 6) is -0.161. The topological polar surface area (TPSA) is 54.9 Å². The van der Waals surface area contributed by atoms with E-state index in [2.05, 4.69) is 15.3 Å². The molecule has 25 heavy (non-hydrogen) atoms. The third-order valence-corrected chi connectivity index (χ3v) is 5.22. The second-order valence-electron chi connectivity index (χ2n) is 5.72. The number of benzene rings is 2. The van der Waals surface area contributed by atoms with Gasteiger partial charge in [-0.25, -0.2) is 4.98 Å². The van der Waals surface area contributed by atoms with E-state index in [1.807, 2.05) is 49.4 Å². The SMILES string of the molecule is Cc1nc2ccc(Cl)cc2cc1C(=O)NCc1nc2ccccc2s1. The van der Waals surface area contributed by atoms with Crippen LogP contribution in [-0.2, 0) is 6.54 Å². The first-order chi connectivity index (χ1) is 12.1. The molecule has 6 heteroatoms. The van der Waals surface area contributed by atoms with E-state index < -0.39 is 0 Å². The number of carbonyl (C=O) groups excluding carboxylic acids is 1. The fourth-order valence-electron chi connectivity index (χ4n) is 2.72. The maximum Gasteiger partial charge on any atom is 0.253 e. The number of hydrogen-bond acceptors (Lipinski definition) is 4. The molecule has 2 aromatic carbocycles. The Morgan fingerprint density at radius 1 is 1.12 bits per heavy atom. The average Bonchev–Trinajstić information content (AvgIpc) is 3.02. The Morgan fingerprint density at radius 2 is 1.96 bits per heavy atom. The monoisotopic (exact) mass is 367 g/mol. The lowest BCUT2D eigenvalue weighted by molar-refractivity contribution is 0.0950. The van der Waals surface area contributed by atoms with Gasteiger partial charge in [-0.05, 0) is 43.3 Å². The number of amides is 1. The number of halogens is 1. The number of rotatable bonds is 3. The summed E-state index contributed by atoms with van der Waals surface area (Å²) in [4.78, 5) is 21.6. The Kier molecular flexibility index (Phi) is 4.11. The number of carbonyl (C=O) groups is 1. The van der Waals surface area contributed by atoms with Crippen molar-refractivity contribution < 1.29 is 4.79 Å². The van der Waals surface area contributed by atoms with Gasteiger partial charge in [0.1, 0.15) is 5.01 Å². The van der Waals surface area contributed by atoms with Crippen molar-refractivity contribution in [1.29, 1.82) is 0 Å². The highest BCUT2D eigenvalue weighted by Crippen LogP contribution is 2.22. The van der Waals surface area contributed by atoms with Gasteiger partial charge in [-0.2, -0.15) is 0 Å². The highest BCUT2D eigenvalue weighted by molar-refractivity contribution is 7.18. The predicted octanol–water partition coefficient (Wildman–Crippen LogP) is 4.74. The van der Waals surface area contributed by atoms with E-state index in [0.29, 0.717) is 22.8 Å². The molecular weight excluding hydrogens is 354 g/mol.